The van der Waals surface area contributed by atoms with Gasteiger partial charge in [0.05, 0.1) is 5.56 Å². The van der Waals surface area contributed by atoms with Crippen LogP contribution in [0.3, 0.4) is 0 Å². The Morgan fingerprint density at radius 2 is 1.70 bits per heavy atom. The number of anilines is 1. The smallest absolute Gasteiger partial charge is 0.198 e. The molecule has 0 aliphatic heterocycles. The molecule has 5 heteroatoms. The van der Waals surface area contributed by atoms with E-state index in [2.05, 4.69) is 10.3 Å². The van der Waals surface area contributed by atoms with Crippen LogP contribution in [0.2, 0.25) is 0 Å². The van der Waals surface area contributed by atoms with E-state index in [-0.39, 0.29) is 11.6 Å². The Morgan fingerprint density at radius 3 is 2.40 bits per heavy atom. The van der Waals surface area contributed by atoms with Crippen LogP contribution < -0.4 is 11.1 Å². The number of carbonyl (C=O) groups excluding carboxylic acids is 2. The highest BCUT2D eigenvalue weighted by Crippen LogP contribution is 2.30. The standard InChI is InChI=1S/C15H13N3O2/c16-6-8-18-15-12-11(5-7-17-15)13(19)9-3-1-2-4-10(9)14(12)20/h1-5,7H,6,8,16H2,(H,17,18). The number of hydrogen-bond donors (Lipinski definition) is 2. The zero-order valence-electron chi connectivity index (χ0n) is 10.7. The molecule has 100 valence electrons. The molecule has 0 fully saturated rings. The van der Waals surface area contributed by atoms with Crippen molar-refractivity contribution in [1.82, 2.24) is 4.98 Å². The van der Waals surface area contributed by atoms with E-state index in [1.165, 1.54) is 6.20 Å². The number of fused-ring (bicyclic) bond motifs is 2. The normalized spacial score (nSPS) is 12.8. The van der Waals surface area contributed by atoms with Gasteiger partial charge in [0.1, 0.15) is 5.82 Å². The Labute approximate surface area is 115 Å². The molecule has 2 aromatic rings. The first-order valence-corrected chi connectivity index (χ1v) is 6.35. The summed E-state index contributed by atoms with van der Waals surface area (Å²) in [4.78, 5) is 29.2. The van der Waals surface area contributed by atoms with Crippen LogP contribution in [-0.4, -0.2) is 29.6 Å². The maximum absolute atomic E-state index is 12.6. The van der Waals surface area contributed by atoms with Crippen LogP contribution in [0.5, 0.6) is 0 Å². The van der Waals surface area contributed by atoms with Crippen LogP contribution in [0.4, 0.5) is 5.82 Å². The molecule has 0 unspecified atom stereocenters. The number of nitrogens with two attached hydrogens (primary N) is 1. The van der Waals surface area contributed by atoms with E-state index in [1.54, 1.807) is 30.3 Å². The predicted octanol–water partition coefficient (Wildman–Crippen LogP) is 1.23. The van der Waals surface area contributed by atoms with Gasteiger partial charge >= 0.3 is 0 Å². The van der Waals surface area contributed by atoms with Crippen molar-refractivity contribution >= 4 is 17.4 Å². The largest absolute Gasteiger partial charge is 0.368 e. The molecule has 5 nitrogen and oxygen atoms in total. The van der Waals surface area contributed by atoms with Gasteiger partial charge in [0.15, 0.2) is 11.6 Å². The highest BCUT2D eigenvalue weighted by atomic mass is 16.1. The zero-order valence-corrected chi connectivity index (χ0v) is 10.7. The van der Waals surface area contributed by atoms with Gasteiger partial charge in [0.2, 0.25) is 0 Å². The number of rotatable bonds is 3. The highest BCUT2D eigenvalue weighted by molar-refractivity contribution is 6.29. The van der Waals surface area contributed by atoms with Crippen LogP contribution in [0.25, 0.3) is 0 Å². The van der Waals surface area contributed by atoms with Crippen molar-refractivity contribution in [2.45, 2.75) is 0 Å². The topological polar surface area (TPSA) is 85.1 Å². The van der Waals surface area contributed by atoms with E-state index in [0.717, 1.165) is 0 Å². The van der Waals surface area contributed by atoms with Crippen molar-refractivity contribution in [3.63, 3.8) is 0 Å². The monoisotopic (exact) mass is 267 g/mol. The maximum atomic E-state index is 12.6. The molecule has 1 aromatic heterocycles. The molecule has 0 atom stereocenters. The predicted molar refractivity (Wildman–Crippen MR) is 75.1 cm³/mol. The fourth-order valence-electron chi connectivity index (χ4n) is 2.36. The molecule has 0 saturated heterocycles. The van der Waals surface area contributed by atoms with Crippen LogP contribution in [0.1, 0.15) is 31.8 Å². The van der Waals surface area contributed by atoms with E-state index >= 15 is 0 Å². The SMILES string of the molecule is NCCNc1nccc2c1C(=O)c1ccccc1C2=O. The molecule has 1 aliphatic rings. The van der Waals surface area contributed by atoms with Crippen molar-refractivity contribution in [2.24, 2.45) is 5.73 Å². The Hall–Kier alpha value is -2.53. The Morgan fingerprint density at radius 1 is 1.00 bits per heavy atom. The van der Waals surface area contributed by atoms with Gasteiger partial charge in [0.25, 0.3) is 0 Å². The number of hydrogen-bond acceptors (Lipinski definition) is 5. The molecule has 3 rings (SSSR count). The van der Waals surface area contributed by atoms with Crippen molar-refractivity contribution in [3.05, 3.63) is 58.8 Å². The lowest BCUT2D eigenvalue weighted by Crippen LogP contribution is -2.24. The molecule has 1 aliphatic carbocycles. The second kappa shape index (κ2) is 4.86. The van der Waals surface area contributed by atoms with Crippen LogP contribution in [-0.2, 0) is 0 Å². The van der Waals surface area contributed by atoms with Gasteiger partial charge in [-0.3, -0.25) is 9.59 Å². The molecule has 0 radical (unpaired) electrons. The first-order valence-electron chi connectivity index (χ1n) is 6.35. The summed E-state index contributed by atoms with van der Waals surface area (Å²) in [5.74, 6) is 0.0945. The average molecular weight is 267 g/mol. The van der Waals surface area contributed by atoms with E-state index in [1.807, 2.05) is 0 Å². The second-order valence-corrected chi connectivity index (χ2v) is 4.50. The number of aromatic nitrogens is 1. The summed E-state index contributed by atoms with van der Waals surface area (Å²) in [5.41, 5.74) is 7.05. The van der Waals surface area contributed by atoms with E-state index < -0.39 is 0 Å². The number of ketones is 2. The summed E-state index contributed by atoms with van der Waals surface area (Å²) in [7, 11) is 0. The van der Waals surface area contributed by atoms with Gasteiger partial charge in [-0.05, 0) is 6.07 Å². The average Bonchev–Trinajstić information content (AvgIpc) is 2.50. The molecule has 20 heavy (non-hydrogen) atoms. The third-order valence-electron chi connectivity index (χ3n) is 3.28. The van der Waals surface area contributed by atoms with Crippen LogP contribution in [0.15, 0.2) is 36.5 Å². The fraction of sp³-hybridized carbons (Fsp3) is 0.133. The van der Waals surface area contributed by atoms with Gasteiger partial charge in [-0.1, -0.05) is 24.3 Å². The molecule has 1 aromatic carbocycles. The molecule has 0 spiro atoms. The molecular weight excluding hydrogens is 254 g/mol. The first kappa shape index (κ1) is 12.5. The summed E-state index contributed by atoms with van der Waals surface area (Å²) < 4.78 is 0. The third-order valence-corrected chi connectivity index (χ3v) is 3.28. The van der Waals surface area contributed by atoms with Crippen LogP contribution in [0, 0.1) is 0 Å². The molecule has 0 saturated carbocycles. The van der Waals surface area contributed by atoms with Gasteiger partial charge in [-0.2, -0.15) is 0 Å². The van der Waals surface area contributed by atoms with Crippen molar-refractivity contribution < 1.29 is 9.59 Å². The number of pyridine rings is 1. The summed E-state index contributed by atoms with van der Waals surface area (Å²) >= 11 is 0. The lowest BCUT2D eigenvalue weighted by Gasteiger charge is -2.19. The second-order valence-electron chi connectivity index (χ2n) is 4.50. The summed E-state index contributed by atoms with van der Waals surface area (Å²) in [5, 5.41) is 3.00. The summed E-state index contributed by atoms with van der Waals surface area (Å²) in [6.45, 7) is 0.913. The number of nitrogens with zero attached hydrogens (tertiary/aromatic N) is 1. The van der Waals surface area contributed by atoms with Gasteiger partial charge < -0.3 is 11.1 Å². The van der Waals surface area contributed by atoms with Gasteiger partial charge in [-0.25, -0.2) is 4.98 Å². The molecule has 0 bridgehead atoms. The minimum absolute atomic E-state index is 0.145. The fourth-order valence-corrected chi connectivity index (χ4v) is 2.36. The zero-order chi connectivity index (χ0) is 14.1. The lowest BCUT2D eigenvalue weighted by molar-refractivity contribution is 0.0979. The van der Waals surface area contributed by atoms with Crippen molar-refractivity contribution in [1.29, 1.82) is 0 Å². The Bertz CT molecular complexity index is 710. The van der Waals surface area contributed by atoms with Crippen LogP contribution >= 0.6 is 0 Å². The quantitative estimate of drug-likeness (QED) is 0.745. The number of nitrogens with one attached hydrogen (secondary N) is 1. The minimum atomic E-state index is -0.178. The van der Waals surface area contributed by atoms with E-state index in [4.69, 9.17) is 5.73 Å². The molecular formula is C15H13N3O2. The van der Waals surface area contributed by atoms with Gasteiger partial charge in [0, 0.05) is 36.0 Å². The Balaban J connectivity index is 2.18. The lowest BCUT2D eigenvalue weighted by atomic mass is 9.84. The Kier molecular flexibility index (Phi) is 3.04. The number of benzene rings is 1. The highest BCUT2D eigenvalue weighted by Gasteiger charge is 2.31. The summed E-state index contributed by atoms with van der Waals surface area (Å²) in [6, 6.07) is 8.42. The molecule has 0 amide bonds. The summed E-state index contributed by atoms with van der Waals surface area (Å²) in [6.07, 6.45) is 1.52. The molecule has 3 N–H and O–H groups in total. The maximum Gasteiger partial charge on any atom is 0.198 e. The van der Waals surface area contributed by atoms with E-state index in [9.17, 15) is 9.59 Å². The number of carbonyl (C=O) groups is 2. The first-order chi connectivity index (χ1) is 9.74. The third kappa shape index (κ3) is 1.80. The molecule has 1 heterocycles. The minimum Gasteiger partial charge on any atom is -0.368 e. The van der Waals surface area contributed by atoms with Crippen molar-refractivity contribution in [2.75, 3.05) is 18.4 Å². The van der Waals surface area contributed by atoms with E-state index in [0.29, 0.717) is 41.2 Å². The van der Waals surface area contributed by atoms with Crippen molar-refractivity contribution in [3.8, 4) is 0 Å². The van der Waals surface area contributed by atoms with Gasteiger partial charge in [-0.15, -0.1) is 0 Å².